The lowest BCUT2D eigenvalue weighted by molar-refractivity contribution is -0.121. The van der Waals surface area contributed by atoms with Crippen LogP contribution < -0.4 is 10.2 Å². The largest absolute Gasteiger partial charge is 0.387 e. The summed E-state index contributed by atoms with van der Waals surface area (Å²) >= 11 is 0. The van der Waals surface area contributed by atoms with Crippen LogP contribution >= 0.6 is 0 Å². The van der Waals surface area contributed by atoms with Crippen molar-refractivity contribution in [2.75, 3.05) is 31.1 Å². The minimum absolute atomic E-state index is 0.0184. The number of nitrogens with zero attached hydrogens (tertiary/aromatic N) is 2. The van der Waals surface area contributed by atoms with E-state index in [0.29, 0.717) is 13.1 Å². The summed E-state index contributed by atoms with van der Waals surface area (Å²) in [5, 5.41) is 14.1. The van der Waals surface area contributed by atoms with Crippen LogP contribution in [0.3, 0.4) is 0 Å². The van der Waals surface area contributed by atoms with Crippen molar-refractivity contribution in [2.45, 2.75) is 44.8 Å². The van der Waals surface area contributed by atoms with E-state index in [4.69, 9.17) is 0 Å². The summed E-state index contributed by atoms with van der Waals surface area (Å²) in [4.78, 5) is 27.7. The van der Waals surface area contributed by atoms with E-state index in [1.54, 1.807) is 18.7 Å². The van der Waals surface area contributed by atoms with Crippen LogP contribution in [0.2, 0.25) is 0 Å². The lowest BCUT2D eigenvalue weighted by Crippen LogP contribution is -2.53. The van der Waals surface area contributed by atoms with E-state index in [-0.39, 0.29) is 17.4 Å². The number of rotatable bonds is 5. The fraction of sp³-hybridized carbons (Fsp3) is 0.440. The van der Waals surface area contributed by atoms with Gasteiger partial charge in [0.1, 0.15) is 0 Å². The van der Waals surface area contributed by atoms with Gasteiger partial charge in [0.15, 0.2) is 0 Å². The molecule has 1 unspecified atom stereocenters. The number of nitrogens with one attached hydrogen (secondary N) is 1. The zero-order chi connectivity index (χ0) is 22.0. The number of hydrogen-bond acceptors (Lipinski definition) is 4. The van der Waals surface area contributed by atoms with Gasteiger partial charge >= 0.3 is 0 Å². The van der Waals surface area contributed by atoms with Crippen LogP contribution in [-0.4, -0.2) is 48.0 Å². The van der Waals surface area contributed by atoms with Crippen LogP contribution in [0.4, 0.5) is 5.69 Å². The number of likely N-dealkylation sites (tertiary alicyclic amines) is 1. The Hall–Kier alpha value is -2.70. The number of aliphatic hydroxyl groups excluding tert-OH is 1. The quantitative estimate of drug-likeness (QED) is 0.779. The first-order valence-electron chi connectivity index (χ1n) is 11.0. The molecule has 4 rings (SSSR count). The van der Waals surface area contributed by atoms with Crippen molar-refractivity contribution in [1.82, 2.24) is 10.2 Å². The van der Waals surface area contributed by atoms with Gasteiger partial charge in [-0.15, -0.1) is 0 Å². The third kappa shape index (κ3) is 4.50. The highest BCUT2D eigenvalue weighted by molar-refractivity contribution is 5.93. The molecule has 0 spiro atoms. The molecule has 0 bridgehead atoms. The molecule has 1 atom stereocenters. The first-order chi connectivity index (χ1) is 14.9. The summed E-state index contributed by atoms with van der Waals surface area (Å²) in [5.41, 5.74) is 3.77. The second kappa shape index (κ2) is 8.81. The van der Waals surface area contributed by atoms with E-state index in [1.165, 1.54) is 0 Å². The van der Waals surface area contributed by atoms with Gasteiger partial charge in [0.25, 0.3) is 0 Å². The molecule has 164 valence electrons. The SMILES string of the molecule is CC(=O)NC1(c2ccccc2)CCN(CC(O)c2ccc3c(c2)CCN3C(C)=O)CC1. The predicted molar refractivity (Wildman–Crippen MR) is 121 cm³/mol. The molecule has 2 aliphatic heterocycles. The Kier molecular flexibility index (Phi) is 6.12. The minimum Gasteiger partial charge on any atom is -0.387 e. The third-order valence-electron chi connectivity index (χ3n) is 6.65. The van der Waals surface area contributed by atoms with Crippen molar-refractivity contribution < 1.29 is 14.7 Å². The number of hydrogen-bond donors (Lipinski definition) is 2. The summed E-state index contributed by atoms with van der Waals surface area (Å²) in [6, 6.07) is 16.1. The molecular weight excluding hydrogens is 390 g/mol. The summed E-state index contributed by atoms with van der Waals surface area (Å²) in [6.07, 6.45) is 1.86. The van der Waals surface area contributed by atoms with Crippen LogP contribution in [0.5, 0.6) is 0 Å². The van der Waals surface area contributed by atoms with Crippen LogP contribution in [0, 0.1) is 0 Å². The number of carbonyl (C=O) groups is 2. The van der Waals surface area contributed by atoms with Crippen molar-refractivity contribution in [3.05, 3.63) is 65.2 Å². The van der Waals surface area contributed by atoms with Crippen molar-refractivity contribution in [2.24, 2.45) is 0 Å². The number of carbonyl (C=O) groups excluding carboxylic acids is 2. The van der Waals surface area contributed by atoms with Crippen molar-refractivity contribution in [3.63, 3.8) is 0 Å². The van der Waals surface area contributed by atoms with Crippen molar-refractivity contribution in [1.29, 1.82) is 0 Å². The fourth-order valence-electron chi connectivity index (χ4n) is 5.00. The Morgan fingerprint density at radius 3 is 2.42 bits per heavy atom. The molecule has 0 aromatic heterocycles. The summed E-state index contributed by atoms with van der Waals surface area (Å²) in [5.74, 6) is 0.0384. The molecule has 31 heavy (non-hydrogen) atoms. The maximum Gasteiger partial charge on any atom is 0.223 e. The number of anilines is 1. The number of fused-ring (bicyclic) bond motifs is 1. The fourth-order valence-corrected chi connectivity index (χ4v) is 5.00. The number of benzene rings is 2. The number of amides is 2. The van der Waals surface area contributed by atoms with E-state index in [9.17, 15) is 14.7 Å². The highest BCUT2D eigenvalue weighted by Gasteiger charge is 2.37. The average molecular weight is 422 g/mol. The molecule has 2 heterocycles. The number of β-amino-alcohol motifs (C(OH)–C–C–N with tert-alkyl or cyclic N) is 1. The van der Waals surface area contributed by atoms with Gasteiger partial charge in [-0.05, 0) is 42.0 Å². The Bertz CT molecular complexity index is 952. The van der Waals surface area contributed by atoms with E-state index in [1.807, 2.05) is 36.4 Å². The minimum atomic E-state index is -0.582. The molecule has 2 amide bonds. The van der Waals surface area contributed by atoms with Gasteiger partial charge in [-0.3, -0.25) is 9.59 Å². The van der Waals surface area contributed by atoms with Gasteiger partial charge in [-0.2, -0.15) is 0 Å². The third-order valence-corrected chi connectivity index (χ3v) is 6.65. The Labute approximate surface area is 183 Å². The molecule has 1 fully saturated rings. The lowest BCUT2D eigenvalue weighted by Gasteiger charge is -2.43. The van der Waals surface area contributed by atoms with E-state index >= 15 is 0 Å². The molecular formula is C25H31N3O3. The normalized spacial score (nSPS) is 19.0. The molecule has 0 aliphatic carbocycles. The van der Waals surface area contributed by atoms with E-state index in [2.05, 4.69) is 22.3 Å². The van der Waals surface area contributed by atoms with Crippen molar-refractivity contribution >= 4 is 17.5 Å². The highest BCUT2D eigenvalue weighted by atomic mass is 16.3. The van der Waals surface area contributed by atoms with Gasteiger partial charge in [0.05, 0.1) is 11.6 Å². The average Bonchev–Trinajstić information content (AvgIpc) is 3.19. The van der Waals surface area contributed by atoms with Crippen LogP contribution in [-0.2, 0) is 21.5 Å². The summed E-state index contributed by atoms with van der Waals surface area (Å²) in [6.45, 7) is 6.03. The molecule has 6 nitrogen and oxygen atoms in total. The Balaban J connectivity index is 1.41. The molecule has 0 saturated carbocycles. The van der Waals surface area contributed by atoms with Crippen LogP contribution in [0.25, 0.3) is 0 Å². The molecule has 2 aliphatic rings. The molecule has 2 aromatic rings. The smallest absolute Gasteiger partial charge is 0.223 e. The van der Waals surface area contributed by atoms with Gasteiger partial charge in [-0.1, -0.05) is 42.5 Å². The summed E-state index contributed by atoms with van der Waals surface area (Å²) in [7, 11) is 0. The van der Waals surface area contributed by atoms with Gasteiger partial charge < -0.3 is 20.2 Å². The topological polar surface area (TPSA) is 72.9 Å². The maximum absolute atomic E-state index is 11.9. The second-order valence-electron chi connectivity index (χ2n) is 8.75. The zero-order valence-corrected chi connectivity index (χ0v) is 18.3. The highest BCUT2D eigenvalue weighted by Crippen LogP contribution is 2.34. The molecule has 6 heteroatoms. The first kappa shape index (κ1) is 21.5. The van der Waals surface area contributed by atoms with Gasteiger partial charge in [0, 0.05) is 45.7 Å². The summed E-state index contributed by atoms with van der Waals surface area (Å²) < 4.78 is 0. The zero-order valence-electron chi connectivity index (χ0n) is 18.3. The Morgan fingerprint density at radius 1 is 1.06 bits per heavy atom. The molecule has 0 radical (unpaired) electrons. The standard InChI is InChI=1S/C25H31N3O3/c1-18(29)26-25(22-6-4-3-5-7-22)11-14-27(15-12-25)17-24(31)21-8-9-23-20(16-21)10-13-28(23)19(2)30/h3-9,16,24,31H,10-15,17H2,1-2H3,(H,26,29). The number of aliphatic hydroxyl groups is 1. The maximum atomic E-state index is 11.9. The molecule has 2 N–H and O–H groups in total. The van der Waals surface area contributed by atoms with Gasteiger partial charge in [0.2, 0.25) is 11.8 Å². The van der Waals surface area contributed by atoms with E-state index < -0.39 is 6.10 Å². The Morgan fingerprint density at radius 2 is 1.77 bits per heavy atom. The monoisotopic (exact) mass is 421 g/mol. The van der Waals surface area contributed by atoms with Crippen LogP contribution in [0.15, 0.2) is 48.5 Å². The van der Waals surface area contributed by atoms with Crippen LogP contribution in [0.1, 0.15) is 49.5 Å². The number of piperidine rings is 1. The molecule has 1 saturated heterocycles. The molecule has 2 aromatic carbocycles. The first-order valence-corrected chi connectivity index (χ1v) is 11.0. The second-order valence-corrected chi connectivity index (χ2v) is 8.75. The lowest BCUT2D eigenvalue weighted by atomic mass is 9.80. The predicted octanol–water partition coefficient (Wildman–Crippen LogP) is 2.76. The van der Waals surface area contributed by atoms with E-state index in [0.717, 1.165) is 54.7 Å². The van der Waals surface area contributed by atoms with Gasteiger partial charge in [-0.25, -0.2) is 0 Å². The van der Waals surface area contributed by atoms with Crippen molar-refractivity contribution in [3.8, 4) is 0 Å².